The molecule has 0 radical (unpaired) electrons. The topological polar surface area (TPSA) is 62.4 Å². The molecule has 0 bridgehead atoms. The lowest BCUT2D eigenvalue weighted by Crippen LogP contribution is -2.43. The van der Waals surface area contributed by atoms with E-state index in [1.54, 1.807) is 0 Å². The molecule has 1 saturated heterocycles. The Kier molecular flexibility index (Phi) is 4.27. The average molecular weight is 301 g/mol. The van der Waals surface area contributed by atoms with Crippen molar-refractivity contribution in [3.8, 4) is 11.5 Å². The second-order valence-corrected chi connectivity index (χ2v) is 6.61. The Morgan fingerprint density at radius 1 is 1.36 bits per heavy atom. The van der Waals surface area contributed by atoms with Gasteiger partial charge in [-0.05, 0) is 37.9 Å². The lowest BCUT2D eigenvalue weighted by Gasteiger charge is -2.38. The zero-order chi connectivity index (χ0) is 15.6. The molecule has 1 unspecified atom stereocenters. The molecule has 1 fully saturated rings. The third kappa shape index (κ3) is 3.20. The highest BCUT2D eigenvalue weighted by Gasteiger charge is 2.30. The van der Waals surface area contributed by atoms with Crippen molar-refractivity contribution in [2.75, 3.05) is 19.7 Å². The number of hydrogen-bond donors (Lipinski definition) is 1. The van der Waals surface area contributed by atoms with Crippen molar-refractivity contribution in [2.45, 2.75) is 33.2 Å². The van der Waals surface area contributed by atoms with Crippen LogP contribution in [0.4, 0.5) is 0 Å². The van der Waals surface area contributed by atoms with E-state index in [1.807, 2.05) is 31.2 Å². The molecule has 3 rings (SSSR count). The Balaban J connectivity index is 1.71. The number of aliphatic hydroxyl groups is 1. The molecule has 1 aliphatic heterocycles. The van der Waals surface area contributed by atoms with Gasteiger partial charge in [0.1, 0.15) is 0 Å². The predicted octanol–water partition coefficient (Wildman–Crippen LogP) is 2.64. The number of nitrogens with zero attached hydrogens (tertiary/aromatic N) is 3. The Bertz CT molecular complexity index is 640. The number of benzene rings is 1. The van der Waals surface area contributed by atoms with Gasteiger partial charge in [0, 0.05) is 24.1 Å². The van der Waals surface area contributed by atoms with Crippen molar-refractivity contribution in [1.82, 2.24) is 15.0 Å². The SMILES string of the molecule is Cc1ccccc1-c1nc(CN2CCCC(C)(CO)C2)no1. The van der Waals surface area contributed by atoms with E-state index in [4.69, 9.17) is 4.52 Å². The van der Waals surface area contributed by atoms with Crippen LogP contribution in [0, 0.1) is 12.3 Å². The Morgan fingerprint density at radius 3 is 2.95 bits per heavy atom. The summed E-state index contributed by atoms with van der Waals surface area (Å²) in [6.07, 6.45) is 2.17. The quantitative estimate of drug-likeness (QED) is 0.940. The standard InChI is InChI=1S/C17H23N3O2/c1-13-6-3-4-7-14(13)16-18-15(19-22-16)10-20-9-5-8-17(2,11-20)12-21/h3-4,6-7,21H,5,8-12H2,1-2H3. The minimum Gasteiger partial charge on any atom is -0.396 e. The maximum atomic E-state index is 9.54. The molecular weight excluding hydrogens is 278 g/mol. The summed E-state index contributed by atoms with van der Waals surface area (Å²) in [5, 5.41) is 13.7. The number of likely N-dealkylation sites (tertiary alicyclic amines) is 1. The number of hydrogen-bond acceptors (Lipinski definition) is 5. The third-order valence-electron chi connectivity index (χ3n) is 4.45. The van der Waals surface area contributed by atoms with Crippen LogP contribution in [0.15, 0.2) is 28.8 Å². The van der Waals surface area contributed by atoms with Gasteiger partial charge in [-0.3, -0.25) is 4.90 Å². The highest BCUT2D eigenvalue weighted by Crippen LogP contribution is 2.29. The fourth-order valence-corrected chi connectivity index (χ4v) is 3.13. The van der Waals surface area contributed by atoms with Crippen LogP contribution in [0.25, 0.3) is 11.5 Å². The summed E-state index contributed by atoms with van der Waals surface area (Å²) in [6, 6.07) is 8.01. The van der Waals surface area contributed by atoms with Crippen molar-refractivity contribution in [3.05, 3.63) is 35.7 Å². The average Bonchev–Trinajstić information content (AvgIpc) is 2.96. The van der Waals surface area contributed by atoms with E-state index < -0.39 is 0 Å². The summed E-state index contributed by atoms with van der Waals surface area (Å²) < 4.78 is 5.41. The smallest absolute Gasteiger partial charge is 0.258 e. The zero-order valence-corrected chi connectivity index (χ0v) is 13.2. The lowest BCUT2D eigenvalue weighted by molar-refractivity contribution is 0.0414. The van der Waals surface area contributed by atoms with Crippen LogP contribution < -0.4 is 0 Å². The molecule has 2 aromatic rings. The van der Waals surface area contributed by atoms with Crippen LogP contribution in [-0.4, -0.2) is 39.8 Å². The van der Waals surface area contributed by atoms with Gasteiger partial charge < -0.3 is 9.63 Å². The monoisotopic (exact) mass is 301 g/mol. The molecule has 0 saturated carbocycles. The highest BCUT2D eigenvalue weighted by molar-refractivity contribution is 5.57. The van der Waals surface area contributed by atoms with Crippen molar-refractivity contribution in [3.63, 3.8) is 0 Å². The van der Waals surface area contributed by atoms with Gasteiger partial charge in [-0.25, -0.2) is 0 Å². The molecule has 118 valence electrons. The van der Waals surface area contributed by atoms with Crippen LogP contribution in [0.3, 0.4) is 0 Å². The molecule has 5 heteroatoms. The molecule has 0 spiro atoms. The lowest BCUT2D eigenvalue weighted by atomic mass is 9.83. The van der Waals surface area contributed by atoms with E-state index in [0.717, 1.165) is 37.1 Å². The first kappa shape index (κ1) is 15.2. The Hall–Kier alpha value is -1.72. The maximum Gasteiger partial charge on any atom is 0.258 e. The van der Waals surface area contributed by atoms with Gasteiger partial charge in [-0.15, -0.1) is 0 Å². The van der Waals surface area contributed by atoms with Crippen molar-refractivity contribution in [1.29, 1.82) is 0 Å². The molecule has 2 heterocycles. The van der Waals surface area contributed by atoms with Crippen LogP contribution in [0.1, 0.15) is 31.2 Å². The third-order valence-corrected chi connectivity index (χ3v) is 4.45. The van der Waals surface area contributed by atoms with Crippen molar-refractivity contribution >= 4 is 0 Å². The van der Waals surface area contributed by atoms with E-state index in [9.17, 15) is 5.11 Å². The number of rotatable bonds is 4. The van der Waals surface area contributed by atoms with Gasteiger partial charge in [0.05, 0.1) is 6.54 Å². The summed E-state index contributed by atoms with van der Waals surface area (Å²) in [7, 11) is 0. The fourth-order valence-electron chi connectivity index (χ4n) is 3.13. The second kappa shape index (κ2) is 6.18. The molecule has 0 aliphatic carbocycles. The molecule has 0 amide bonds. The van der Waals surface area contributed by atoms with Gasteiger partial charge in [0.25, 0.3) is 5.89 Å². The molecule has 1 aromatic heterocycles. The number of aliphatic hydroxyl groups excluding tert-OH is 1. The fraction of sp³-hybridized carbons (Fsp3) is 0.529. The second-order valence-electron chi connectivity index (χ2n) is 6.61. The van der Waals surface area contributed by atoms with Crippen molar-refractivity contribution < 1.29 is 9.63 Å². The van der Waals surface area contributed by atoms with Gasteiger partial charge in [-0.2, -0.15) is 4.98 Å². The minimum atomic E-state index is -0.0131. The minimum absolute atomic E-state index is 0.0131. The first-order chi connectivity index (χ1) is 10.6. The van der Waals surface area contributed by atoms with E-state index in [-0.39, 0.29) is 12.0 Å². The number of aromatic nitrogens is 2. The van der Waals surface area contributed by atoms with E-state index >= 15 is 0 Å². The van der Waals surface area contributed by atoms with Gasteiger partial charge in [-0.1, -0.05) is 30.3 Å². The maximum absolute atomic E-state index is 9.54. The molecule has 22 heavy (non-hydrogen) atoms. The van der Waals surface area contributed by atoms with Gasteiger partial charge >= 0.3 is 0 Å². The first-order valence-electron chi connectivity index (χ1n) is 7.81. The molecule has 1 aromatic carbocycles. The first-order valence-corrected chi connectivity index (χ1v) is 7.81. The van der Waals surface area contributed by atoms with Crippen LogP contribution >= 0.6 is 0 Å². The van der Waals surface area contributed by atoms with Gasteiger partial charge in [0.15, 0.2) is 5.82 Å². The molecule has 5 nitrogen and oxygen atoms in total. The summed E-state index contributed by atoms with van der Waals surface area (Å²) in [5.41, 5.74) is 2.10. The number of piperidine rings is 1. The largest absolute Gasteiger partial charge is 0.396 e. The van der Waals surface area contributed by atoms with Gasteiger partial charge in [0.2, 0.25) is 0 Å². The summed E-state index contributed by atoms with van der Waals surface area (Å²) in [4.78, 5) is 6.82. The van der Waals surface area contributed by atoms with Crippen LogP contribution in [0.2, 0.25) is 0 Å². The Labute approximate surface area is 131 Å². The summed E-state index contributed by atoms with van der Waals surface area (Å²) in [6.45, 7) is 6.96. The Morgan fingerprint density at radius 2 is 2.18 bits per heavy atom. The zero-order valence-electron chi connectivity index (χ0n) is 13.2. The highest BCUT2D eigenvalue weighted by atomic mass is 16.5. The predicted molar refractivity (Wildman–Crippen MR) is 84.2 cm³/mol. The molecule has 1 N–H and O–H groups in total. The summed E-state index contributed by atoms with van der Waals surface area (Å²) in [5.74, 6) is 1.29. The molecule has 1 atom stereocenters. The van der Waals surface area contributed by atoms with Crippen LogP contribution in [-0.2, 0) is 6.54 Å². The number of aryl methyl sites for hydroxylation is 1. The summed E-state index contributed by atoms with van der Waals surface area (Å²) >= 11 is 0. The van der Waals surface area contributed by atoms with E-state index in [0.29, 0.717) is 18.3 Å². The van der Waals surface area contributed by atoms with Crippen LogP contribution in [0.5, 0.6) is 0 Å². The van der Waals surface area contributed by atoms with Crippen molar-refractivity contribution in [2.24, 2.45) is 5.41 Å². The normalized spacial score (nSPS) is 22.9. The van der Waals surface area contributed by atoms with E-state index in [1.165, 1.54) is 0 Å². The molecular formula is C17H23N3O2. The molecule has 1 aliphatic rings. The van der Waals surface area contributed by atoms with E-state index in [2.05, 4.69) is 22.0 Å².